The van der Waals surface area contributed by atoms with Gasteiger partial charge in [-0.1, -0.05) is 18.2 Å². The molecule has 0 heterocycles. The number of carbonyl (C=O) groups excluding carboxylic acids is 3. The maximum atomic E-state index is 12.5. The Morgan fingerprint density at radius 2 is 1.68 bits per heavy atom. The van der Waals surface area contributed by atoms with Crippen LogP contribution < -0.4 is 16.0 Å². The lowest BCUT2D eigenvalue weighted by molar-refractivity contribution is -0.114. The standard InChI is InChI=1S/C19H19N3O3/c1-12(23)20-15-6-4-5-13(11-15)18(24)22-17-8-3-2-7-16(17)19(25)21-14-9-10-14/h2-8,11,14H,9-10H2,1H3,(H,20,23)(H,21,25)(H,22,24). The molecule has 128 valence electrons. The van der Waals surface area contributed by atoms with E-state index in [9.17, 15) is 14.4 Å². The third-order valence-electron chi connectivity index (χ3n) is 3.78. The second-order valence-electron chi connectivity index (χ2n) is 6.01. The Bertz CT molecular complexity index is 828. The van der Waals surface area contributed by atoms with Crippen molar-refractivity contribution in [2.24, 2.45) is 0 Å². The predicted octanol–water partition coefficient (Wildman–Crippen LogP) is 2.79. The summed E-state index contributed by atoms with van der Waals surface area (Å²) in [5, 5.41) is 8.32. The molecular formula is C19H19N3O3. The van der Waals surface area contributed by atoms with E-state index in [-0.39, 0.29) is 23.8 Å². The lowest BCUT2D eigenvalue weighted by Gasteiger charge is -2.12. The molecule has 0 radical (unpaired) electrons. The van der Waals surface area contributed by atoms with Crippen molar-refractivity contribution < 1.29 is 14.4 Å². The highest BCUT2D eigenvalue weighted by Gasteiger charge is 2.25. The van der Waals surface area contributed by atoms with Crippen LogP contribution in [0.5, 0.6) is 0 Å². The zero-order valence-electron chi connectivity index (χ0n) is 13.8. The van der Waals surface area contributed by atoms with Gasteiger partial charge in [-0.05, 0) is 43.2 Å². The van der Waals surface area contributed by atoms with Crippen molar-refractivity contribution in [1.29, 1.82) is 0 Å². The monoisotopic (exact) mass is 337 g/mol. The van der Waals surface area contributed by atoms with Crippen LogP contribution in [0.4, 0.5) is 11.4 Å². The third kappa shape index (κ3) is 4.44. The molecule has 3 amide bonds. The Morgan fingerprint density at radius 1 is 0.920 bits per heavy atom. The van der Waals surface area contributed by atoms with Crippen molar-refractivity contribution in [1.82, 2.24) is 5.32 Å². The number of anilines is 2. The van der Waals surface area contributed by atoms with Crippen LogP contribution >= 0.6 is 0 Å². The molecule has 1 aliphatic rings. The van der Waals surface area contributed by atoms with E-state index in [0.717, 1.165) is 12.8 Å². The number of hydrogen-bond donors (Lipinski definition) is 3. The molecule has 0 unspecified atom stereocenters. The van der Waals surface area contributed by atoms with Gasteiger partial charge in [0.05, 0.1) is 11.3 Å². The fourth-order valence-electron chi connectivity index (χ4n) is 2.42. The first kappa shape index (κ1) is 16.7. The molecule has 2 aromatic carbocycles. The number of benzene rings is 2. The number of para-hydroxylation sites is 1. The Hall–Kier alpha value is -3.15. The smallest absolute Gasteiger partial charge is 0.255 e. The zero-order chi connectivity index (χ0) is 17.8. The maximum Gasteiger partial charge on any atom is 0.255 e. The molecule has 6 heteroatoms. The Balaban J connectivity index is 1.76. The number of nitrogens with one attached hydrogen (secondary N) is 3. The van der Waals surface area contributed by atoms with E-state index in [1.807, 2.05) is 0 Å². The van der Waals surface area contributed by atoms with Crippen LogP contribution in [-0.4, -0.2) is 23.8 Å². The SMILES string of the molecule is CC(=O)Nc1cccc(C(=O)Nc2ccccc2C(=O)NC2CC2)c1. The van der Waals surface area contributed by atoms with Crippen LogP contribution in [0.1, 0.15) is 40.5 Å². The number of amides is 3. The van der Waals surface area contributed by atoms with Crippen LogP contribution in [0.2, 0.25) is 0 Å². The van der Waals surface area contributed by atoms with Gasteiger partial charge in [0.15, 0.2) is 0 Å². The van der Waals surface area contributed by atoms with E-state index >= 15 is 0 Å². The molecule has 2 aromatic rings. The number of hydrogen-bond acceptors (Lipinski definition) is 3. The summed E-state index contributed by atoms with van der Waals surface area (Å²) in [6.07, 6.45) is 1.99. The molecule has 1 aliphatic carbocycles. The number of rotatable bonds is 5. The molecule has 0 spiro atoms. The molecule has 3 N–H and O–H groups in total. The zero-order valence-corrected chi connectivity index (χ0v) is 13.8. The Morgan fingerprint density at radius 3 is 2.40 bits per heavy atom. The quantitative estimate of drug-likeness (QED) is 0.784. The van der Waals surface area contributed by atoms with Gasteiger partial charge in [0.2, 0.25) is 5.91 Å². The summed E-state index contributed by atoms with van der Waals surface area (Å²) in [5.41, 5.74) is 1.82. The van der Waals surface area contributed by atoms with Gasteiger partial charge in [-0.3, -0.25) is 14.4 Å². The van der Waals surface area contributed by atoms with Crippen molar-refractivity contribution in [2.75, 3.05) is 10.6 Å². The van der Waals surface area contributed by atoms with Crippen LogP contribution in [0.3, 0.4) is 0 Å². The average Bonchev–Trinajstić information content (AvgIpc) is 3.39. The van der Waals surface area contributed by atoms with Crippen LogP contribution in [0.15, 0.2) is 48.5 Å². The van der Waals surface area contributed by atoms with Crippen LogP contribution in [0.25, 0.3) is 0 Å². The van der Waals surface area contributed by atoms with Crippen molar-refractivity contribution in [2.45, 2.75) is 25.8 Å². The van der Waals surface area contributed by atoms with E-state index in [4.69, 9.17) is 0 Å². The summed E-state index contributed by atoms with van der Waals surface area (Å²) in [6, 6.07) is 13.8. The van der Waals surface area contributed by atoms with Gasteiger partial charge in [-0.25, -0.2) is 0 Å². The lowest BCUT2D eigenvalue weighted by atomic mass is 10.1. The summed E-state index contributed by atoms with van der Waals surface area (Å²) in [7, 11) is 0. The maximum absolute atomic E-state index is 12.5. The van der Waals surface area contributed by atoms with Crippen molar-refractivity contribution in [3.63, 3.8) is 0 Å². The van der Waals surface area contributed by atoms with E-state index < -0.39 is 0 Å². The van der Waals surface area contributed by atoms with Gasteiger partial charge in [0, 0.05) is 24.2 Å². The summed E-state index contributed by atoms with van der Waals surface area (Å²) < 4.78 is 0. The van der Waals surface area contributed by atoms with Crippen LogP contribution in [0, 0.1) is 0 Å². The largest absolute Gasteiger partial charge is 0.349 e. The summed E-state index contributed by atoms with van der Waals surface area (Å²) in [5.74, 6) is -0.746. The molecule has 3 rings (SSSR count). The fourth-order valence-corrected chi connectivity index (χ4v) is 2.42. The van der Waals surface area contributed by atoms with Crippen molar-refractivity contribution in [3.05, 3.63) is 59.7 Å². The molecule has 0 bridgehead atoms. The summed E-state index contributed by atoms with van der Waals surface area (Å²) >= 11 is 0. The van der Waals surface area contributed by atoms with Gasteiger partial charge in [-0.2, -0.15) is 0 Å². The predicted molar refractivity (Wildman–Crippen MR) is 95.6 cm³/mol. The molecule has 0 aromatic heterocycles. The minimum Gasteiger partial charge on any atom is -0.349 e. The van der Waals surface area contributed by atoms with Gasteiger partial charge in [-0.15, -0.1) is 0 Å². The highest BCUT2D eigenvalue weighted by atomic mass is 16.2. The van der Waals surface area contributed by atoms with E-state index in [1.165, 1.54) is 6.92 Å². The first-order valence-corrected chi connectivity index (χ1v) is 8.12. The third-order valence-corrected chi connectivity index (χ3v) is 3.78. The molecule has 0 aliphatic heterocycles. The van der Waals surface area contributed by atoms with Crippen molar-refractivity contribution >= 4 is 29.1 Å². The van der Waals surface area contributed by atoms with Gasteiger partial charge < -0.3 is 16.0 Å². The second-order valence-corrected chi connectivity index (χ2v) is 6.01. The van der Waals surface area contributed by atoms with Crippen molar-refractivity contribution in [3.8, 4) is 0 Å². The highest BCUT2D eigenvalue weighted by molar-refractivity contribution is 6.09. The minimum atomic E-state index is -0.348. The topological polar surface area (TPSA) is 87.3 Å². The molecule has 0 saturated heterocycles. The summed E-state index contributed by atoms with van der Waals surface area (Å²) in [4.78, 5) is 35.9. The average molecular weight is 337 g/mol. The van der Waals surface area contributed by atoms with E-state index in [2.05, 4.69) is 16.0 Å². The molecule has 0 atom stereocenters. The first-order valence-electron chi connectivity index (χ1n) is 8.12. The number of carbonyl (C=O) groups is 3. The summed E-state index contributed by atoms with van der Waals surface area (Å²) in [6.45, 7) is 1.40. The fraction of sp³-hybridized carbons (Fsp3) is 0.211. The lowest BCUT2D eigenvalue weighted by Crippen LogP contribution is -2.27. The second kappa shape index (κ2) is 7.17. The van der Waals surface area contributed by atoms with Gasteiger partial charge in [0.25, 0.3) is 11.8 Å². The molecule has 6 nitrogen and oxygen atoms in total. The molecular weight excluding hydrogens is 318 g/mol. The Labute approximate surface area is 145 Å². The van der Waals surface area contributed by atoms with Crippen LogP contribution in [-0.2, 0) is 4.79 Å². The molecule has 25 heavy (non-hydrogen) atoms. The van der Waals surface area contributed by atoms with E-state index in [0.29, 0.717) is 22.5 Å². The normalized spacial score (nSPS) is 13.0. The van der Waals surface area contributed by atoms with E-state index in [1.54, 1.807) is 48.5 Å². The Kier molecular flexibility index (Phi) is 4.79. The first-order chi connectivity index (χ1) is 12.0. The highest BCUT2D eigenvalue weighted by Crippen LogP contribution is 2.22. The minimum absolute atomic E-state index is 0.189. The molecule has 1 saturated carbocycles. The molecule has 1 fully saturated rings. The van der Waals surface area contributed by atoms with Gasteiger partial charge >= 0.3 is 0 Å². The van der Waals surface area contributed by atoms with Gasteiger partial charge in [0.1, 0.15) is 0 Å².